The number of nitrogens with one attached hydrogen (secondary N) is 2. The second-order valence-electron chi connectivity index (χ2n) is 6.31. The van der Waals surface area contributed by atoms with Crippen molar-refractivity contribution in [1.82, 2.24) is 5.32 Å². The summed E-state index contributed by atoms with van der Waals surface area (Å²) in [6.07, 6.45) is -2.52. The van der Waals surface area contributed by atoms with Gasteiger partial charge < -0.3 is 10.6 Å². The molecule has 1 aliphatic carbocycles. The zero-order valence-electron chi connectivity index (χ0n) is 12.6. The largest absolute Gasteiger partial charge is 0.393 e. The molecule has 1 aromatic carbocycles. The molecule has 0 radical (unpaired) electrons. The Morgan fingerprint density at radius 2 is 1.91 bits per heavy atom. The lowest BCUT2D eigenvalue weighted by atomic mass is 9.91. The van der Waals surface area contributed by atoms with Gasteiger partial charge in [-0.3, -0.25) is 4.79 Å². The van der Waals surface area contributed by atoms with E-state index in [4.69, 9.17) is 0 Å². The van der Waals surface area contributed by atoms with Crippen molar-refractivity contribution < 1.29 is 18.0 Å². The molecule has 1 heterocycles. The van der Waals surface area contributed by atoms with Crippen molar-refractivity contribution in [2.75, 3.05) is 18.4 Å². The average molecular weight is 349 g/mol. The molecular formula is C16H20ClF3N2O. The van der Waals surface area contributed by atoms with Crippen molar-refractivity contribution in [3.05, 3.63) is 29.8 Å². The van der Waals surface area contributed by atoms with Crippen LogP contribution in [0.25, 0.3) is 0 Å². The number of carbonyl (C=O) groups excluding carboxylic acids is 1. The van der Waals surface area contributed by atoms with Crippen molar-refractivity contribution in [2.45, 2.75) is 31.9 Å². The number of rotatable bonds is 3. The summed E-state index contributed by atoms with van der Waals surface area (Å²) in [6, 6.07) is 6.15. The Labute approximate surface area is 139 Å². The van der Waals surface area contributed by atoms with E-state index < -0.39 is 12.6 Å². The van der Waals surface area contributed by atoms with E-state index in [-0.39, 0.29) is 40.9 Å². The normalized spacial score (nSPS) is 22.3. The molecule has 2 aliphatic rings. The quantitative estimate of drug-likeness (QED) is 0.877. The lowest BCUT2D eigenvalue weighted by molar-refractivity contribution is -0.127. The Kier molecular flexibility index (Phi) is 5.26. The van der Waals surface area contributed by atoms with Gasteiger partial charge in [-0.05, 0) is 49.4 Å². The zero-order chi connectivity index (χ0) is 15.8. The van der Waals surface area contributed by atoms with Crippen molar-refractivity contribution in [3.63, 3.8) is 0 Å². The van der Waals surface area contributed by atoms with Gasteiger partial charge in [-0.1, -0.05) is 18.2 Å². The Morgan fingerprint density at radius 3 is 2.57 bits per heavy atom. The van der Waals surface area contributed by atoms with Crippen molar-refractivity contribution in [3.8, 4) is 0 Å². The van der Waals surface area contributed by atoms with Crippen LogP contribution in [0.2, 0.25) is 0 Å². The van der Waals surface area contributed by atoms with Crippen LogP contribution in [-0.2, 0) is 11.2 Å². The number of piperidine rings is 1. The second kappa shape index (κ2) is 6.69. The van der Waals surface area contributed by atoms with Crippen LogP contribution in [0, 0.1) is 11.3 Å². The lowest BCUT2D eigenvalue weighted by Crippen LogP contribution is -2.31. The van der Waals surface area contributed by atoms with E-state index >= 15 is 0 Å². The van der Waals surface area contributed by atoms with Gasteiger partial charge in [0.1, 0.15) is 0 Å². The third-order valence-electron chi connectivity index (χ3n) is 4.77. The monoisotopic (exact) mass is 348 g/mol. The van der Waals surface area contributed by atoms with Gasteiger partial charge in [-0.2, -0.15) is 13.2 Å². The van der Waals surface area contributed by atoms with Gasteiger partial charge in [0.15, 0.2) is 0 Å². The maximum Gasteiger partial charge on any atom is 0.393 e. The predicted octanol–water partition coefficient (Wildman–Crippen LogP) is 3.54. The van der Waals surface area contributed by atoms with Crippen LogP contribution in [0.3, 0.4) is 0 Å². The molecule has 1 spiro atoms. The van der Waals surface area contributed by atoms with Gasteiger partial charge in [0, 0.05) is 11.6 Å². The summed E-state index contributed by atoms with van der Waals surface area (Å²) in [7, 11) is 0. The maximum atomic E-state index is 12.6. The predicted molar refractivity (Wildman–Crippen MR) is 84.7 cm³/mol. The fourth-order valence-electron chi connectivity index (χ4n) is 3.43. The first-order valence-corrected chi connectivity index (χ1v) is 7.56. The van der Waals surface area contributed by atoms with E-state index in [2.05, 4.69) is 10.6 Å². The molecule has 3 nitrogen and oxygen atoms in total. The minimum atomic E-state index is -4.28. The highest BCUT2D eigenvalue weighted by atomic mass is 35.5. The van der Waals surface area contributed by atoms with Crippen LogP contribution in [0.5, 0.6) is 0 Å². The number of benzene rings is 1. The summed E-state index contributed by atoms with van der Waals surface area (Å²) in [5.74, 6) is -0.204. The van der Waals surface area contributed by atoms with Gasteiger partial charge >= 0.3 is 6.18 Å². The molecule has 128 valence electrons. The molecule has 7 heteroatoms. The number of anilines is 1. The molecule has 1 aliphatic heterocycles. The van der Waals surface area contributed by atoms with E-state index in [9.17, 15) is 18.0 Å². The number of para-hydroxylation sites is 1. The van der Waals surface area contributed by atoms with E-state index in [0.29, 0.717) is 0 Å². The molecule has 2 N–H and O–H groups in total. The molecule has 0 aromatic heterocycles. The minimum absolute atomic E-state index is 0. The molecule has 0 bridgehead atoms. The molecule has 1 amide bonds. The van der Waals surface area contributed by atoms with Gasteiger partial charge in [0.25, 0.3) is 0 Å². The highest BCUT2D eigenvalue weighted by Gasteiger charge is 2.57. The van der Waals surface area contributed by atoms with Crippen LogP contribution < -0.4 is 10.6 Å². The first-order chi connectivity index (χ1) is 10.4. The third kappa shape index (κ3) is 4.18. The third-order valence-corrected chi connectivity index (χ3v) is 4.77. The van der Waals surface area contributed by atoms with Crippen LogP contribution in [-0.4, -0.2) is 25.2 Å². The van der Waals surface area contributed by atoms with Crippen LogP contribution in [0.15, 0.2) is 24.3 Å². The smallest absolute Gasteiger partial charge is 0.326 e. The molecule has 1 saturated carbocycles. The fourth-order valence-corrected chi connectivity index (χ4v) is 3.43. The molecule has 1 atom stereocenters. The Balaban J connectivity index is 0.00000192. The number of halogens is 4. The van der Waals surface area contributed by atoms with Gasteiger partial charge in [0.2, 0.25) is 5.91 Å². The highest BCUT2D eigenvalue weighted by Crippen LogP contribution is 2.58. The fraction of sp³-hybridized carbons (Fsp3) is 0.562. The van der Waals surface area contributed by atoms with E-state index in [1.807, 2.05) is 0 Å². The number of hydrogen-bond donors (Lipinski definition) is 2. The molecule has 23 heavy (non-hydrogen) atoms. The molecule has 3 rings (SSSR count). The van der Waals surface area contributed by atoms with Crippen molar-refractivity contribution >= 4 is 24.0 Å². The summed E-state index contributed by atoms with van der Waals surface area (Å²) < 4.78 is 37.8. The zero-order valence-corrected chi connectivity index (χ0v) is 13.4. The van der Waals surface area contributed by atoms with Gasteiger partial charge in [-0.25, -0.2) is 0 Å². The summed E-state index contributed by atoms with van der Waals surface area (Å²) in [4.78, 5) is 12.4. The Hall–Kier alpha value is -1.27. The van der Waals surface area contributed by atoms with Crippen molar-refractivity contribution in [2.24, 2.45) is 11.3 Å². The van der Waals surface area contributed by atoms with Crippen LogP contribution in [0.1, 0.15) is 24.8 Å². The summed E-state index contributed by atoms with van der Waals surface area (Å²) in [5.41, 5.74) is 0.470. The SMILES string of the molecule is Cl.O=C(Nc1ccccc1CC(F)(F)F)C1CC12CCNCC2. The molecule has 1 unspecified atom stereocenters. The number of carbonyl (C=O) groups is 1. The molecule has 2 fully saturated rings. The van der Waals surface area contributed by atoms with Gasteiger partial charge in [-0.15, -0.1) is 12.4 Å². The van der Waals surface area contributed by atoms with E-state index in [1.165, 1.54) is 12.1 Å². The Morgan fingerprint density at radius 1 is 1.26 bits per heavy atom. The number of hydrogen-bond acceptors (Lipinski definition) is 2. The highest BCUT2D eigenvalue weighted by molar-refractivity contribution is 5.95. The topological polar surface area (TPSA) is 41.1 Å². The standard InChI is InChI=1S/C16H19F3N2O.ClH/c17-16(18,19)9-11-3-1-2-4-13(11)21-14(22)12-10-15(12)5-7-20-8-6-15;/h1-4,12,20H,5-10H2,(H,21,22);1H. The minimum Gasteiger partial charge on any atom is -0.326 e. The average Bonchev–Trinajstić information content (AvgIpc) is 3.14. The summed E-state index contributed by atoms with van der Waals surface area (Å²) in [6.45, 7) is 1.82. The van der Waals surface area contributed by atoms with Gasteiger partial charge in [0.05, 0.1) is 6.42 Å². The summed E-state index contributed by atoms with van der Waals surface area (Å²) in [5, 5.41) is 5.97. The first-order valence-electron chi connectivity index (χ1n) is 7.56. The van der Waals surface area contributed by atoms with E-state index in [1.54, 1.807) is 12.1 Å². The maximum absolute atomic E-state index is 12.6. The van der Waals surface area contributed by atoms with Crippen LogP contribution in [0.4, 0.5) is 18.9 Å². The first kappa shape index (κ1) is 18.1. The number of amides is 1. The van der Waals surface area contributed by atoms with Crippen LogP contribution >= 0.6 is 12.4 Å². The Bertz CT molecular complexity index is 571. The second-order valence-corrected chi connectivity index (χ2v) is 6.31. The van der Waals surface area contributed by atoms with Crippen molar-refractivity contribution in [1.29, 1.82) is 0 Å². The lowest BCUT2D eigenvalue weighted by Gasteiger charge is -2.23. The molecule has 1 saturated heterocycles. The summed E-state index contributed by atoms with van der Waals surface area (Å²) >= 11 is 0. The van der Waals surface area contributed by atoms with E-state index in [0.717, 1.165) is 32.4 Å². The molecule has 1 aromatic rings. The molecular weight excluding hydrogens is 329 g/mol. The number of alkyl halides is 3.